The van der Waals surface area contributed by atoms with E-state index >= 15 is 0 Å². The number of hydrogen-bond acceptors (Lipinski definition) is 3. The van der Waals surface area contributed by atoms with Crippen molar-refractivity contribution < 1.29 is 9.53 Å². The van der Waals surface area contributed by atoms with E-state index in [-0.39, 0.29) is 11.9 Å². The molecule has 3 heterocycles. The minimum absolute atomic E-state index is 0.208. The molecular formula is C13H22N2O2. The van der Waals surface area contributed by atoms with Gasteiger partial charge in [0.05, 0.1) is 18.2 Å². The highest BCUT2D eigenvalue weighted by Gasteiger charge is 2.41. The van der Waals surface area contributed by atoms with Crippen LogP contribution in [0.15, 0.2) is 0 Å². The zero-order valence-electron chi connectivity index (χ0n) is 10.3. The van der Waals surface area contributed by atoms with E-state index < -0.39 is 0 Å². The molecule has 3 saturated heterocycles. The molecule has 0 radical (unpaired) electrons. The predicted molar refractivity (Wildman–Crippen MR) is 64.7 cm³/mol. The van der Waals surface area contributed by atoms with Crippen LogP contribution in [-0.4, -0.2) is 36.7 Å². The van der Waals surface area contributed by atoms with Crippen molar-refractivity contribution in [3.05, 3.63) is 0 Å². The number of hydrogen-bond donors (Lipinski definition) is 2. The van der Waals surface area contributed by atoms with Gasteiger partial charge in [0, 0.05) is 12.5 Å². The number of carbonyl (C=O) groups is 1. The summed E-state index contributed by atoms with van der Waals surface area (Å²) in [6.07, 6.45) is 8.17. The Bertz CT molecular complexity index is 289. The number of ether oxygens (including phenoxy) is 1. The molecule has 3 rings (SSSR count). The lowest BCUT2D eigenvalue weighted by Gasteiger charge is -2.20. The molecule has 0 aromatic carbocycles. The van der Waals surface area contributed by atoms with E-state index in [0.717, 1.165) is 25.8 Å². The molecule has 4 nitrogen and oxygen atoms in total. The Morgan fingerprint density at radius 3 is 2.94 bits per heavy atom. The Morgan fingerprint density at radius 1 is 1.35 bits per heavy atom. The fraction of sp³-hybridized carbons (Fsp3) is 0.923. The number of rotatable bonds is 4. The summed E-state index contributed by atoms with van der Waals surface area (Å²) in [7, 11) is 0. The van der Waals surface area contributed by atoms with Crippen LogP contribution in [0, 0.1) is 0 Å². The molecule has 0 aromatic heterocycles. The van der Waals surface area contributed by atoms with Gasteiger partial charge in [-0.1, -0.05) is 0 Å². The number of amides is 1. The molecule has 2 N–H and O–H groups in total. The van der Waals surface area contributed by atoms with E-state index in [2.05, 4.69) is 10.6 Å². The van der Waals surface area contributed by atoms with E-state index in [1.165, 1.54) is 19.3 Å². The highest BCUT2D eigenvalue weighted by atomic mass is 16.5. The van der Waals surface area contributed by atoms with Crippen molar-refractivity contribution in [3.8, 4) is 0 Å². The third-order valence-electron chi connectivity index (χ3n) is 4.33. The lowest BCUT2D eigenvalue weighted by molar-refractivity contribution is -0.122. The lowest BCUT2D eigenvalue weighted by Crippen LogP contribution is -2.41. The van der Waals surface area contributed by atoms with Crippen molar-refractivity contribution in [1.29, 1.82) is 0 Å². The van der Waals surface area contributed by atoms with Gasteiger partial charge in [0.25, 0.3) is 0 Å². The number of nitrogens with one attached hydrogen (secondary N) is 2. The second kappa shape index (κ2) is 4.94. The second-order valence-electron chi connectivity index (χ2n) is 5.62. The standard InChI is InChI=1S/C13H22N2O2/c16-13(6-3-9-2-1-7-14-9)15-11-8-10-4-5-12(11)17-10/h9-12,14H,1-8H2,(H,15,16). The number of fused-ring (bicyclic) bond motifs is 2. The van der Waals surface area contributed by atoms with Gasteiger partial charge < -0.3 is 15.4 Å². The van der Waals surface area contributed by atoms with Gasteiger partial charge in [-0.2, -0.15) is 0 Å². The Labute approximate surface area is 102 Å². The van der Waals surface area contributed by atoms with Crippen LogP contribution in [-0.2, 0) is 9.53 Å². The van der Waals surface area contributed by atoms with E-state index in [0.29, 0.717) is 24.7 Å². The molecule has 2 bridgehead atoms. The van der Waals surface area contributed by atoms with E-state index in [1.54, 1.807) is 0 Å². The summed E-state index contributed by atoms with van der Waals surface area (Å²) < 4.78 is 5.74. The molecule has 3 fully saturated rings. The largest absolute Gasteiger partial charge is 0.373 e. The highest BCUT2D eigenvalue weighted by Crippen LogP contribution is 2.34. The van der Waals surface area contributed by atoms with Crippen LogP contribution in [0.25, 0.3) is 0 Å². The first-order valence-electron chi connectivity index (χ1n) is 6.99. The van der Waals surface area contributed by atoms with Crippen LogP contribution in [0.3, 0.4) is 0 Å². The van der Waals surface area contributed by atoms with Gasteiger partial charge in [-0.15, -0.1) is 0 Å². The average molecular weight is 238 g/mol. The van der Waals surface area contributed by atoms with Gasteiger partial charge in [-0.05, 0) is 45.1 Å². The molecule has 0 aliphatic carbocycles. The number of carbonyl (C=O) groups excluding carboxylic acids is 1. The van der Waals surface area contributed by atoms with Crippen molar-refractivity contribution in [2.75, 3.05) is 6.54 Å². The van der Waals surface area contributed by atoms with Crippen LogP contribution in [0.1, 0.15) is 44.9 Å². The maximum atomic E-state index is 11.8. The van der Waals surface area contributed by atoms with Gasteiger partial charge >= 0.3 is 0 Å². The predicted octanol–water partition coefficient (Wildman–Crippen LogP) is 0.955. The first-order chi connectivity index (χ1) is 8.31. The Hall–Kier alpha value is -0.610. The van der Waals surface area contributed by atoms with Crippen molar-refractivity contribution in [3.63, 3.8) is 0 Å². The summed E-state index contributed by atoms with van der Waals surface area (Å²) in [5.74, 6) is 0.208. The van der Waals surface area contributed by atoms with Gasteiger partial charge in [0.2, 0.25) is 5.91 Å². The van der Waals surface area contributed by atoms with Crippen LogP contribution >= 0.6 is 0 Å². The van der Waals surface area contributed by atoms with Crippen molar-refractivity contribution >= 4 is 5.91 Å². The monoisotopic (exact) mass is 238 g/mol. The van der Waals surface area contributed by atoms with Crippen molar-refractivity contribution in [2.24, 2.45) is 0 Å². The highest BCUT2D eigenvalue weighted by molar-refractivity contribution is 5.76. The Morgan fingerprint density at radius 2 is 2.29 bits per heavy atom. The average Bonchev–Trinajstić information content (AvgIpc) is 3.03. The fourth-order valence-electron chi connectivity index (χ4n) is 3.38. The first-order valence-corrected chi connectivity index (χ1v) is 6.99. The smallest absolute Gasteiger partial charge is 0.220 e. The zero-order valence-corrected chi connectivity index (χ0v) is 10.3. The Balaban J connectivity index is 1.38. The summed E-state index contributed by atoms with van der Waals surface area (Å²) >= 11 is 0. The summed E-state index contributed by atoms with van der Waals surface area (Å²) in [4.78, 5) is 11.8. The van der Waals surface area contributed by atoms with Gasteiger partial charge in [-0.3, -0.25) is 4.79 Å². The minimum atomic E-state index is 0.208. The van der Waals surface area contributed by atoms with E-state index in [4.69, 9.17) is 4.74 Å². The summed E-state index contributed by atoms with van der Waals surface area (Å²) in [5.41, 5.74) is 0. The quantitative estimate of drug-likeness (QED) is 0.767. The molecule has 4 heteroatoms. The van der Waals surface area contributed by atoms with Crippen LogP contribution in [0.2, 0.25) is 0 Å². The van der Waals surface area contributed by atoms with Crippen LogP contribution < -0.4 is 10.6 Å². The summed E-state index contributed by atoms with van der Waals surface area (Å²) in [5, 5.41) is 6.57. The molecule has 17 heavy (non-hydrogen) atoms. The van der Waals surface area contributed by atoms with Gasteiger partial charge in [-0.25, -0.2) is 0 Å². The van der Waals surface area contributed by atoms with Crippen LogP contribution in [0.5, 0.6) is 0 Å². The van der Waals surface area contributed by atoms with E-state index in [9.17, 15) is 4.79 Å². The molecule has 4 atom stereocenters. The van der Waals surface area contributed by atoms with Gasteiger partial charge in [0.1, 0.15) is 0 Å². The SMILES string of the molecule is O=C(CCC1CCCN1)NC1CC2CCC1O2. The second-order valence-corrected chi connectivity index (χ2v) is 5.62. The third kappa shape index (κ3) is 2.63. The minimum Gasteiger partial charge on any atom is -0.373 e. The molecule has 3 aliphatic rings. The molecule has 4 unspecified atom stereocenters. The maximum Gasteiger partial charge on any atom is 0.220 e. The normalized spacial score (nSPS) is 39.8. The summed E-state index contributed by atoms with van der Waals surface area (Å²) in [6.45, 7) is 1.12. The molecule has 0 spiro atoms. The van der Waals surface area contributed by atoms with E-state index in [1.807, 2.05) is 0 Å². The van der Waals surface area contributed by atoms with Crippen molar-refractivity contribution in [1.82, 2.24) is 10.6 Å². The first kappa shape index (κ1) is 11.5. The molecule has 0 saturated carbocycles. The third-order valence-corrected chi connectivity index (χ3v) is 4.33. The summed E-state index contributed by atoms with van der Waals surface area (Å²) in [6, 6.07) is 0.856. The van der Waals surface area contributed by atoms with Crippen LogP contribution in [0.4, 0.5) is 0 Å². The van der Waals surface area contributed by atoms with Gasteiger partial charge in [0.15, 0.2) is 0 Å². The Kier molecular flexibility index (Phi) is 3.34. The fourth-order valence-corrected chi connectivity index (χ4v) is 3.38. The molecular weight excluding hydrogens is 216 g/mol. The molecule has 3 aliphatic heterocycles. The molecule has 1 amide bonds. The lowest BCUT2D eigenvalue weighted by atomic mass is 9.95. The molecule has 96 valence electrons. The topological polar surface area (TPSA) is 50.4 Å². The van der Waals surface area contributed by atoms with Crippen molar-refractivity contribution in [2.45, 2.75) is 69.2 Å². The zero-order chi connectivity index (χ0) is 11.7. The maximum absolute atomic E-state index is 11.8. The molecule has 0 aromatic rings.